The van der Waals surface area contributed by atoms with Crippen LogP contribution in [0.2, 0.25) is 0 Å². The maximum atomic E-state index is 12.8. The van der Waals surface area contributed by atoms with E-state index in [-0.39, 0.29) is 11.2 Å². The Balaban J connectivity index is 1.75. The van der Waals surface area contributed by atoms with E-state index >= 15 is 0 Å². The van der Waals surface area contributed by atoms with Crippen molar-refractivity contribution in [3.05, 3.63) is 39.0 Å². The van der Waals surface area contributed by atoms with Crippen molar-refractivity contribution in [2.75, 3.05) is 6.54 Å². The van der Waals surface area contributed by atoms with E-state index in [2.05, 4.69) is 27.5 Å². The van der Waals surface area contributed by atoms with E-state index < -0.39 is 0 Å². The van der Waals surface area contributed by atoms with Gasteiger partial charge in [-0.2, -0.15) is 5.26 Å². The molecule has 2 aromatic rings. The average Bonchev–Trinajstić information content (AvgIpc) is 3.01. The first-order chi connectivity index (χ1) is 11.5. The molecule has 5 nitrogen and oxygen atoms in total. The van der Waals surface area contributed by atoms with E-state index in [1.807, 2.05) is 11.8 Å². The Bertz CT molecular complexity index is 824. The third-order valence-electron chi connectivity index (χ3n) is 4.04. The number of hydrogen-bond acceptors (Lipinski definition) is 6. The molecule has 1 atom stereocenters. The smallest absolute Gasteiger partial charge is 0.236 e. The highest BCUT2D eigenvalue weighted by atomic mass is 32.2. The topological polar surface area (TPSA) is 69.9 Å². The highest BCUT2D eigenvalue weighted by Crippen LogP contribution is 2.29. The Labute approximate surface area is 149 Å². The van der Waals surface area contributed by atoms with Crippen LogP contribution in [0, 0.1) is 25.2 Å². The Morgan fingerprint density at radius 3 is 3.00 bits per heavy atom. The first kappa shape index (κ1) is 16.9. The number of aromatic nitrogens is 2. The van der Waals surface area contributed by atoms with Crippen molar-refractivity contribution >= 4 is 29.0 Å². The minimum Gasteiger partial charge on any atom is -0.337 e. The fourth-order valence-electron chi connectivity index (χ4n) is 2.81. The second-order valence-electron chi connectivity index (χ2n) is 5.79. The van der Waals surface area contributed by atoms with Crippen molar-refractivity contribution in [2.45, 2.75) is 44.0 Å². The number of fused-ring (bicyclic) bond motifs is 1. The molecule has 0 bridgehead atoms. The summed E-state index contributed by atoms with van der Waals surface area (Å²) < 4.78 is 0. The molecule has 0 aliphatic carbocycles. The molecule has 1 aliphatic rings. The third-order valence-corrected chi connectivity index (χ3v) is 6.13. The summed E-state index contributed by atoms with van der Waals surface area (Å²) >= 11 is 3.11. The predicted molar refractivity (Wildman–Crippen MR) is 95.0 cm³/mol. The van der Waals surface area contributed by atoms with Crippen LogP contribution in [-0.4, -0.2) is 32.6 Å². The molecule has 3 heterocycles. The molecule has 1 unspecified atom stereocenters. The zero-order chi connectivity index (χ0) is 17.3. The number of nitriles is 1. The lowest BCUT2D eigenvalue weighted by Gasteiger charge is -2.29. The summed E-state index contributed by atoms with van der Waals surface area (Å²) in [6.07, 6.45) is 0.922. The highest BCUT2D eigenvalue weighted by Gasteiger charge is 2.27. The molecule has 0 radical (unpaired) electrons. The van der Waals surface area contributed by atoms with Crippen molar-refractivity contribution in [3.63, 3.8) is 0 Å². The molecule has 1 aliphatic heterocycles. The van der Waals surface area contributed by atoms with E-state index in [1.165, 1.54) is 22.2 Å². The van der Waals surface area contributed by atoms with E-state index in [1.54, 1.807) is 25.2 Å². The Morgan fingerprint density at radius 2 is 2.25 bits per heavy atom. The number of thioether (sulfide) groups is 1. The first-order valence-corrected chi connectivity index (χ1v) is 9.51. The zero-order valence-electron chi connectivity index (χ0n) is 13.9. The summed E-state index contributed by atoms with van der Waals surface area (Å²) in [7, 11) is 0. The lowest BCUT2D eigenvalue weighted by atomic mass is 10.1. The zero-order valence-corrected chi connectivity index (χ0v) is 15.5. The Hall–Kier alpha value is -1.91. The molecule has 0 aromatic carbocycles. The third kappa shape index (κ3) is 3.30. The summed E-state index contributed by atoms with van der Waals surface area (Å²) in [5.41, 5.74) is 2.38. The van der Waals surface area contributed by atoms with Gasteiger partial charge in [0.2, 0.25) is 5.91 Å². The number of aryl methyl sites for hydroxylation is 2. The summed E-state index contributed by atoms with van der Waals surface area (Å²) in [4.78, 5) is 24.7. The number of hydrogen-bond donors (Lipinski definition) is 0. The first-order valence-electron chi connectivity index (χ1n) is 7.75. The van der Waals surface area contributed by atoms with Crippen LogP contribution >= 0.6 is 23.1 Å². The van der Waals surface area contributed by atoms with Crippen molar-refractivity contribution in [3.8, 4) is 6.07 Å². The maximum Gasteiger partial charge on any atom is 0.236 e. The molecule has 124 valence electrons. The summed E-state index contributed by atoms with van der Waals surface area (Å²) in [6.45, 7) is 6.91. The number of carbonyl (C=O) groups is 1. The van der Waals surface area contributed by atoms with Gasteiger partial charge in [0.1, 0.15) is 22.5 Å². The molecule has 0 saturated carbocycles. The molecular weight excluding hydrogens is 340 g/mol. The second kappa shape index (κ2) is 6.91. The van der Waals surface area contributed by atoms with Crippen LogP contribution in [0.25, 0.3) is 0 Å². The van der Waals surface area contributed by atoms with Gasteiger partial charge in [0.15, 0.2) is 0 Å². The van der Waals surface area contributed by atoms with Crippen LogP contribution in [0.5, 0.6) is 0 Å². The van der Waals surface area contributed by atoms with Crippen molar-refractivity contribution < 1.29 is 4.79 Å². The number of carbonyl (C=O) groups excluding carboxylic acids is 1. The van der Waals surface area contributed by atoms with Gasteiger partial charge in [0.05, 0.1) is 10.9 Å². The van der Waals surface area contributed by atoms with Gasteiger partial charge >= 0.3 is 0 Å². The van der Waals surface area contributed by atoms with E-state index in [9.17, 15) is 10.1 Å². The molecule has 0 spiro atoms. The van der Waals surface area contributed by atoms with Crippen molar-refractivity contribution in [1.82, 2.24) is 14.9 Å². The lowest BCUT2D eigenvalue weighted by molar-refractivity contribution is -0.131. The monoisotopic (exact) mass is 358 g/mol. The number of nitrogens with zero attached hydrogens (tertiary/aromatic N) is 4. The average molecular weight is 358 g/mol. The molecular formula is C17H18N4OS2. The van der Waals surface area contributed by atoms with Crippen LogP contribution in [0.4, 0.5) is 0 Å². The van der Waals surface area contributed by atoms with Gasteiger partial charge in [-0.05, 0) is 44.2 Å². The molecule has 1 amide bonds. The largest absolute Gasteiger partial charge is 0.337 e. The molecule has 24 heavy (non-hydrogen) atoms. The summed E-state index contributed by atoms with van der Waals surface area (Å²) in [5.74, 6) is 0.712. The van der Waals surface area contributed by atoms with Gasteiger partial charge in [-0.15, -0.1) is 11.3 Å². The van der Waals surface area contributed by atoms with Crippen molar-refractivity contribution in [2.24, 2.45) is 0 Å². The van der Waals surface area contributed by atoms with Gasteiger partial charge in [0, 0.05) is 18.0 Å². The fourth-order valence-corrected chi connectivity index (χ4v) is 4.78. The fraction of sp³-hybridized carbons (Fsp3) is 0.412. The molecule has 0 saturated heterocycles. The van der Waals surface area contributed by atoms with Crippen molar-refractivity contribution in [1.29, 1.82) is 5.26 Å². The molecule has 2 aromatic heterocycles. The standard InChI is InChI=1S/C17H18N4OS2/c1-10-14(8-18)16(20-12(3)19-10)24-11(2)17(22)21-6-4-15-13(9-21)5-7-23-15/h5,7,11H,4,6,9H2,1-3H3. The number of thiophene rings is 1. The minimum atomic E-state index is -0.286. The SMILES string of the molecule is Cc1nc(C)c(C#N)c(SC(C)C(=O)N2CCc3sccc3C2)n1. The minimum absolute atomic E-state index is 0.0923. The predicted octanol–water partition coefficient (Wildman–Crippen LogP) is 3.09. The van der Waals surface area contributed by atoms with Crippen LogP contribution in [0.3, 0.4) is 0 Å². The van der Waals surface area contributed by atoms with Crippen LogP contribution in [-0.2, 0) is 17.8 Å². The van der Waals surface area contributed by atoms with Crippen LogP contribution in [0.1, 0.15) is 34.4 Å². The molecule has 0 fully saturated rings. The number of amides is 1. The second-order valence-corrected chi connectivity index (χ2v) is 8.12. The van der Waals surface area contributed by atoms with Gasteiger partial charge < -0.3 is 4.90 Å². The van der Waals surface area contributed by atoms with E-state index in [4.69, 9.17) is 0 Å². The molecule has 7 heteroatoms. The normalized spacial score (nSPS) is 14.8. The van der Waals surface area contributed by atoms with E-state index in [0.717, 1.165) is 13.0 Å². The lowest BCUT2D eigenvalue weighted by Crippen LogP contribution is -2.39. The summed E-state index contributed by atoms with van der Waals surface area (Å²) in [6, 6.07) is 4.25. The van der Waals surface area contributed by atoms with Gasteiger partial charge in [-0.1, -0.05) is 11.8 Å². The Morgan fingerprint density at radius 1 is 1.46 bits per heavy atom. The van der Waals surface area contributed by atoms with Gasteiger partial charge in [-0.25, -0.2) is 9.97 Å². The quantitative estimate of drug-likeness (QED) is 0.623. The number of rotatable bonds is 3. The molecule has 3 rings (SSSR count). The van der Waals surface area contributed by atoms with Crippen LogP contribution in [0.15, 0.2) is 16.5 Å². The maximum absolute atomic E-state index is 12.8. The van der Waals surface area contributed by atoms with E-state index in [0.29, 0.717) is 28.7 Å². The van der Waals surface area contributed by atoms with Gasteiger partial charge in [0.25, 0.3) is 0 Å². The summed E-state index contributed by atoms with van der Waals surface area (Å²) in [5, 5.41) is 11.7. The molecule has 0 N–H and O–H groups in total. The highest BCUT2D eigenvalue weighted by molar-refractivity contribution is 8.00. The van der Waals surface area contributed by atoms with Gasteiger partial charge in [-0.3, -0.25) is 4.79 Å². The Kier molecular flexibility index (Phi) is 4.88. The van der Waals surface area contributed by atoms with Crippen LogP contribution < -0.4 is 0 Å².